The van der Waals surface area contributed by atoms with Crippen LogP contribution in [-0.4, -0.2) is 45.5 Å². The molecule has 0 bridgehead atoms. The molecule has 0 spiro atoms. The van der Waals surface area contributed by atoms with E-state index in [1.807, 2.05) is 18.2 Å². The van der Waals surface area contributed by atoms with Crippen molar-refractivity contribution in [3.8, 4) is 0 Å². The van der Waals surface area contributed by atoms with Crippen molar-refractivity contribution in [2.75, 3.05) is 36.0 Å². The molecule has 6 nitrogen and oxygen atoms in total. The van der Waals surface area contributed by atoms with Crippen molar-refractivity contribution >= 4 is 45.0 Å². The minimum Gasteiger partial charge on any atom is -0.354 e. The van der Waals surface area contributed by atoms with Crippen molar-refractivity contribution in [1.29, 1.82) is 0 Å². The maximum absolute atomic E-state index is 6.09. The predicted molar refractivity (Wildman–Crippen MR) is 103 cm³/mol. The van der Waals surface area contributed by atoms with Crippen LogP contribution in [0.3, 0.4) is 0 Å². The molecule has 130 valence electrons. The lowest BCUT2D eigenvalue weighted by molar-refractivity contribution is 0.797. The molecule has 0 N–H and O–H groups in total. The van der Waals surface area contributed by atoms with Crippen molar-refractivity contribution in [2.24, 2.45) is 0 Å². The first-order valence-electron chi connectivity index (χ1n) is 8.47. The fourth-order valence-electron chi connectivity index (χ4n) is 3.11. The monoisotopic (exact) mass is 374 g/mol. The number of nitrogens with zero attached hydrogens (tertiary/aromatic N) is 6. The van der Waals surface area contributed by atoms with E-state index in [1.165, 1.54) is 11.5 Å². The van der Waals surface area contributed by atoms with Gasteiger partial charge in [-0.1, -0.05) is 18.5 Å². The second-order valence-electron chi connectivity index (χ2n) is 6.03. The molecule has 25 heavy (non-hydrogen) atoms. The molecular formula is C17H19ClN6S. The molecule has 8 heteroatoms. The number of fused-ring (bicyclic) bond motifs is 1. The van der Waals surface area contributed by atoms with Crippen molar-refractivity contribution < 1.29 is 0 Å². The lowest BCUT2D eigenvalue weighted by atomic mass is 10.2. The van der Waals surface area contributed by atoms with Gasteiger partial charge in [0.2, 0.25) is 5.13 Å². The first-order chi connectivity index (χ1) is 12.2. The highest BCUT2D eigenvalue weighted by atomic mass is 35.5. The van der Waals surface area contributed by atoms with E-state index in [9.17, 15) is 0 Å². The molecule has 1 fully saturated rings. The maximum Gasteiger partial charge on any atom is 0.205 e. The summed E-state index contributed by atoms with van der Waals surface area (Å²) >= 11 is 7.59. The van der Waals surface area contributed by atoms with E-state index in [-0.39, 0.29) is 0 Å². The van der Waals surface area contributed by atoms with Crippen molar-refractivity contribution in [3.63, 3.8) is 0 Å². The zero-order valence-corrected chi connectivity index (χ0v) is 15.6. The SMILES string of the molecule is CCc1nsc(N2CCCN(c3ncnc4cc(Cl)ccc34)CC2)n1. The van der Waals surface area contributed by atoms with E-state index < -0.39 is 0 Å². The lowest BCUT2D eigenvalue weighted by Crippen LogP contribution is -2.31. The van der Waals surface area contributed by atoms with Crippen LogP contribution >= 0.6 is 23.1 Å². The molecule has 0 unspecified atom stereocenters. The Kier molecular flexibility index (Phi) is 4.67. The van der Waals surface area contributed by atoms with Gasteiger partial charge in [0.15, 0.2) is 0 Å². The smallest absolute Gasteiger partial charge is 0.205 e. The summed E-state index contributed by atoms with van der Waals surface area (Å²) < 4.78 is 4.41. The average molecular weight is 375 g/mol. The van der Waals surface area contributed by atoms with Crippen LogP contribution < -0.4 is 9.80 Å². The van der Waals surface area contributed by atoms with E-state index >= 15 is 0 Å². The molecular weight excluding hydrogens is 356 g/mol. The molecule has 0 amide bonds. The number of benzene rings is 1. The molecule has 3 heterocycles. The van der Waals surface area contributed by atoms with Crippen LogP contribution in [0.1, 0.15) is 19.2 Å². The highest BCUT2D eigenvalue weighted by Gasteiger charge is 2.20. The summed E-state index contributed by atoms with van der Waals surface area (Å²) in [6, 6.07) is 5.79. The Morgan fingerprint density at radius 3 is 2.80 bits per heavy atom. The Labute approximate surface area is 155 Å². The van der Waals surface area contributed by atoms with Gasteiger partial charge >= 0.3 is 0 Å². The van der Waals surface area contributed by atoms with Gasteiger partial charge in [-0.15, -0.1) is 0 Å². The first kappa shape index (κ1) is 16.5. The zero-order chi connectivity index (χ0) is 17.2. The Hall–Kier alpha value is -1.99. The van der Waals surface area contributed by atoms with Crippen molar-refractivity contribution in [3.05, 3.63) is 35.4 Å². The van der Waals surface area contributed by atoms with E-state index in [0.717, 1.165) is 66.7 Å². The molecule has 0 saturated carbocycles. The van der Waals surface area contributed by atoms with Gasteiger partial charge in [-0.25, -0.2) is 15.0 Å². The predicted octanol–water partition coefficient (Wildman–Crippen LogP) is 3.41. The van der Waals surface area contributed by atoms with Crippen molar-refractivity contribution in [1.82, 2.24) is 19.3 Å². The number of halogens is 1. The van der Waals surface area contributed by atoms with Gasteiger partial charge in [-0.3, -0.25) is 0 Å². The summed E-state index contributed by atoms with van der Waals surface area (Å²) in [5.74, 6) is 1.91. The molecule has 3 aromatic rings. The quantitative estimate of drug-likeness (QED) is 0.700. The Balaban J connectivity index is 1.57. The van der Waals surface area contributed by atoms with Crippen LogP contribution in [0.5, 0.6) is 0 Å². The van der Waals surface area contributed by atoms with Gasteiger partial charge in [0.25, 0.3) is 0 Å². The summed E-state index contributed by atoms with van der Waals surface area (Å²) in [5, 5.41) is 2.77. The van der Waals surface area contributed by atoms with Crippen LogP contribution in [0.4, 0.5) is 10.9 Å². The summed E-state index contributed by atoms with van der Waals surface area (Å²) in [7, 11) is 0. The third-order valence-corrected chi connectivity index (χ3v) is 5.47. The minimum atomic E-state index is 0.696. The van der Waals surface area contributed by atoms with Gasteiger partial charge in [0.05, 0.1) is 5.52 Å². The molecule has 1 aliphatic rings. The molecule has 0 aliphatic carbocycles. The molecule has 1 aliphatic heterocycles. The second kappa shape index (κ2) is 7.09. The largest absolute Gasteiger partial charge is 0.354 e. The molecule has 1 aromatic carbocycles. The Morgan fingerprint density at radius 2 is 1.96 bits per heavy atom. The maximum atomic E-state index is 6.09. The Morgan fingerprint density at radius 1 is 1.12 bits per heavy atom. The van der Waals surface area contributed by atoms with Crippen LogP contribution in [0.2, 0.25) is 5.02 Å². The minimum absolute atomic E-state index is 0.696. The van der Waals surface area contributed by atoms with E-state index in [2.05, 4.69) is 36.0 Å². The van der Waals surface area contributed by atoms with Crippen LogP contribution in [0.25, 0.3) is 10.9 Å². The Bertz CT molecular complexity index is 882. The van der Waals surface area contributed by atoms with Gasteiger partial charge in [-0.05, 0) is 24.6 Å². The lowest BCUT2D eigenvalue weighted by Gasteiger charge is -2.23. The summed E-state index contributed by atoms with van der Waals surface area (Å²) in [5.41, 5.74) is 0.885. The number of aryl methyl sites for hydroxylation is 1. The molecule has 4 rings (SSSR count). The highest BCUT2D eigenvalue weighted by Crippen LogP contribution is 2.27. The number of hydrogen-bond acceptors (Lipinski definition) is 7. The first-order valence-corrected chi connectivity index (χ1v) is 9.62. The van der Waals surface area contributed by atoms with Gasteiger partial charge in [0.1, 0.15) is 18.0 Å². The normalized spacial score (nSPS) is 15.6. The number of rotatable bonds is 3. The molecule has 1 saturated heterocycles. The van der Waals surface area contributed by atoms with E-state index in [0.29, 0.717) is 5.02 Å². The molecule has 0 radical (unpaired) electrons. The highest BCUT2D eigenvalue weighted by molar-refractivity contribution is 7.09. The van der Waals surface area contributed by atoms with Crippen molar-refractivity contribution in [2.45, 2.75) is 19.8 Å². The zero-order valence-electron chi connectivity index (χ0n) is 14.0. The third kappa shape index (κ3) is 3.39. The fraction of sp³-hybridized carbons (Fsp3) is 0.412. The average Bonchev–Trinajstić information content (AvgIpc) is 2.98. The third-order valence-electron chi connectivity index (χ3n) is 4.42. The van der Waals surface area contributed by atoms with Gasteiger partial charge < -0.3 is 9.80 Å². The van der Waals surface area contributed by atoms with Gasteiger partial charge in [0, 0.05) is 54.5 Å². The van der Waals surface area contributed by atoms with Crippen LogP contribution in [-0.2, 0) is 6.42 Å². The molecule has 2 aromatic heterocycles. The van der Waals surface area contributed by atoms with Crippen LogP contribution in [0, 0.1) is 0 Å². The van der Waals surface area contributed by atoms with E-state index in [4.69, 9.17) is 11.6 Å². The summed E-state index contributed by atoms with van der Waals surface area (Å²) in [6.07, 6.45) is 3.56. The van der Waals surface area contributed by atoms with Crippen LogP contribution in [0.15, 0.2) is 24.5 Å². The van der Waals surface area contributed by atoms with Gasteiger partial charge in [-0.2, -0.15) is 4.37 Å². The van der Waals surface area contributed by atoms with E-state index in [1.54, 1.807) is 6.33 Å². The second-order valence-corrected chi connectivity index (χ2v) is 7.20. The number of hydrogen-bond donors (Lipinski definition) is 0. The topological polar surface area (TPSA) is 58.0 Å². The summed E-state index contributed by atoms with van der Waals surface area (Å²) in [6.45, 7) is 5.85. The number of aromatic nitrogens is 4. The molecule has 0 atom stereocenters. The standard InChI is InChI=1S/C17H19ClN6S/c1-2-15-21-17(25-22-15)24-7-3-6-23(8-9-24)16-13-5-4-12(18)10-14(13)19-11-20-16/h4-5,10-11H,2-3,6-9H2,1H3. The fourth-order valence-corrected chi connectivity index (χ4v) is 4.07. The number of anilines is 2. The summed E-state index contributed by atoms with van der Waals surface area (Å²) in [4.78, 5) is 18.2.